The molecule has 1 unspecified atom stereocenters. The topological polar surface area (TPSA) is 46.6 Å². The molecule has 0 radical (unpaired) electrons. The number of nitrogens with zero attached hydrogens (tertiary/aromatic N) is 1. The van der Waals surface area contributed by atoms with Crippen LogP contribution in [0.3, 0.4) is 0 Å². The minimum Gasteiger partial charge on any atom is -0.412 e. The Kier molecular flexibility index (Phi) is 9.68. The van der Waals surface area contributed by atoms with Crippen molar-refractivity contribution in [2.45, 2.75) is 115 Å². The van der Waals surface area contributed by atoms with E-state index < -0.39 is 22.9 Å². The molecule has 0 N–H and O–H groups in total. The van der Waals surface area contributed by atoms with Gasteiger partial charge in [-0.3, -0.25) is 0 Å². The van der Waals surface area contributed by atoms with Crippen LogP contribution in [-0.4, -0.2) is 46.4 Å². The first-order valence-electron chi connectivity index (χ1n) is 12.9. The first-order valence-corrected chi connectivity index (χ1v) is 17.4. The maximum absolute atomic E-state index is 12.2. The summed E-state index contributed by atoms with van der Waals surface area (Å²) in [6.07, 6.45) is 7.78. The normalized spacial score (nSPS) is 18.2. The lowest BCUT2D eigenvalue weighted by Crippen LogP contribution is -2.44. The van der Waals surface area contributed by atoms with Gasteiger partial charge in [-0.2, -0.15) is 0 Å². The third-order valence-electron chi connectivity index (χ3n) is 7.53. The average Bonchev–Trinajstić information content (AvgIpc) is 3.13. The summed E-state index contributed by atoms with van der Waals surface area (Å²) in [4.78, 5) is 2.47. The lowest BCUT2D eigenvalue weighted by Gasteiger charge is -2.38. The highest BCUT2D eigenvalue weighted by molar-refractivity contribution is 7.92. The Morgan fingerprint density at radius 2 is 1.52 bits per heavy atom. The van der Waals surface area contributed by atoms with Crippen molar-refractivity contribution in [3.05, 3.63) is 29.8 Å². The molecule has 33 heavy (non-hydrogen) atoms. The van der Waals surface area contributed by atoms with E-state index >= 15 is 0 Å². The Labute approximate surface area is 205 Å². The van der Waals surface area contributed by atoms with Crippen LogP contribution >= 0.6 is 0 Å². The van der Waals surface area contributed by atoms with Crippen molar-refractivity contribution >= 4 is 23.8 Å². The van der Waals surface area contributed by atoms with E-state index in [2.05, 4.69) is 63.0 Å². The maximum Gasteiger partial charge on any atom is 0.192 e. The Hall–Kier alpha value is -0.853. The van der Waals surface area contributed by atoms with Crippen LogP contribution in [0.15, 0.2) is 24.3 Å². The number of anilines is 1. The summed E-state index contributed by atoms with van der Waals surface area (Å²) in [5.41, 5.74) is 2.70. The minimum absolute atomic E-state index is 0.256. The van der Waals surface area contributed by atoms with Gasteiger partial charge in [0, 0.05) is 18.8 Å². The fourth-order valence-corrected chi connectivity index (χ4v) is 6.56. The summed E-state index contributed by atoms with van der Waals surface area (Å²) in [6, 6.07) is 9.07. The van der Waals surface area contributed by atoms with Gasteiger partial charge in [0.05, 0.1) is 16.6 Å². The zero-order chi connectivity index (χ0) is 24.9. The molecule has 4 nitrogen and oxygen atoms in total. The van der Waals surface area contributed by atoms with Crippen LogP contribution < -0.4 is 4.90 Å². The molecule has 2 rings (SSSR count). The Morgan fingerprint density at radius 1 is 0.939 bits per heavy atom. The number of aryl methyl sites for hydroxylation is 1. The highest BCUT2D eigenvalue weighted by Gasteiger charge is 2.40. The fourth-order valence-electron chi connectivity index (χ4n) is 3.98. The second-order valence-corrected chi connectivity index (χ2v) is 20.0. The average molecular weight is 496 g/mol. The van der Waals surface area contributed by atoms with Crippen molar-refractivity contribution < 1.29 is 12.8 Å². The molecule has 0 bridgehead atoms. The fraction of sp³-hybridized carbons (Fsp3) is 0.778. The predicted molar refractivity (Wildman–Crippen MR) is 146 cm³/mol. The van der Waals surface area contributed by atoms with Gasteiger partial charge in [0.1, 0.15) is 0 Å². The molecule has 0 amide bonds. The van der Waals surface area contributed by atoms with Crippen LogP contribution in [0.4, 0.5) is 5.69 Å². The van der Waals surface area contributed by atoms with Gasteiger partial charge in [-0.25, -0.2) is 8.42 Å². The Balaban J connectivity index is 1.68. The molecule has 190 valence electrons. The van der Waals surface area contributed by atoms with E-state index in [1.54, 1.807) is 20.8 Å². The van der Waals surface area contributed by atoms with Crippen molar-refractivity contribution in [3.63, 3.8) is 0 Å². The molecule has 6 heteroatoms. The summed E-state index contributed by atoms with van der Waals surface area (Å²) < 4.78 is 30.3. The van der Waals surface area contributed by atoms with Gasteiger partial charge < -0.3 is 9.33 Å². The zero-order valence-corrected chi connectivity index (χ0v) is 24.4. The van der Waals surface area contributed by atoms with Crippen molar-refractivity contribution in [3.8, 4) is 0 Å². The predicted octanol–water partition coefficient (Wildman–Crippen LogP) is 6.99. The van der Waals surface area contributed by atoms with E-state index in [1.165, 1.54) is 11.3 Å². The van der Waals surface area contributed by atoms with Crippen LogP contribution in [0.5, 0.6) is 0 Å². The number of unbranched alkanes of at least 4 members (excludes halogenated alkanes) is 4. The molecule has 1 aromatic carbocycles. The standard InChI is InChI=1S/C27H49NO3SSi/c1-26(2,3)32(29,30)21-13-11-9-10-12-14-23-15-17-24(18-16-23)28-20-19-25(22-28)31-33(7,8)27(4,5)6/h15-18,25H,9-14,19-22H2,1-8H3. The van der Waals surface area contributed by atoms with Crippen LogP contribution in [-0.2, 0) is 20.7 Å². The molecular weight excluding hydrogens is 446 g/mol. The summed E-state index contributed by atoms with van der Waals surface area (Å²) in [7, 11) is -4.69. The zero-order valence-electron chi connectivity index (χ0n) is 22.5. The second kappa shape index (κ2) is 11.3. The van der Waals surface area contributed by atoms with Crippen LogP contribution in [0.25, 0.3) is 0 Å². The van der Waals surface area contributed by atoms with Crippen LogP contribution in [0, 0.1) is 0 Å². The quantitative estimate of drug-likeness (QED) is 0.245. The summed E-state index contributed by atoms with van der Waals surface area (Å²) >= 11 is 0. The van der Waals surface area contributed by atoms with Gasteiger partial charge in [-0.05, 0) is 82.3 Å². The highest BCUT2D eigenvalue weighted by atomic mass is 32.2. The maximum atomic E-state index is 12.2. The molecule has 1 saturated heterocycles. The van der Waals surface area contributed by atoms with Crippen LogP contribution in [0.1, 0.15) is 85.6 Å². The molecule has 1 atom stereocenters. The lowest BCUT2D eigenvalue weighted by molar-refractivity contribution is 0.202. The van der Waals surface area contributed by atoms with Gasteiger partial charge >= 0.3 is 0 Å². The summed E-state index contributed by atoms with van der Waals surface area (Å²) in [5.74, 6) is 0.316. The minimum atomic E-state index is -2.97. The van der Waals surface area contributed by atoms with E-state index in [0.29, 0.717) is 11.9 Å². The molecule has 1 aliphatic heterocycles. The number of hydrogen-bond donors (Lipinski definition) is 0. The van der Waals surface area contributed by atoms with E-state index in [1.807, 2.05) is 0 Å². The molecule has 1 fully saturated rings. The van der Waals surface area contributed by atoms with Gasteiger partial charge in [0.25, 0.3) is 0 Å². The number of sulfone groups is 1. The van der Waals surface area contributed by atoms with Crippen molar-refractivity contribution in [2.75, 3.05) is 23.7 Å². The lowest BCUT2D eigenvalue weighted by atomic mass is 10.1. The molecule has 1 aliphatic rings. The molecule has 1 heterocycles. The molecular formula is C27H49NO3SSi. The Bertz CT molecular complexity index is 836. The number of rotatable bonds is 11. The first-order chi connectivity index (χ1) is 15.1. The molecule has 0 spiro atoms. The molecule has 1 aromatic rings. The molecule has 0 aromatic heterocycles. The number of benzene rings is 1. The van der Waals surface area contributed by atoms with E-state index in [-0.39, 0.29) is 5.04 Å². The van der Waals surface area contributed by atoms with E-state index in [4.69, 9.17) is 4.43 Å². The van der Waals surface area contributed by atoms with Crippen molar-refractivity contribution in [1.29, 1.82) is 0 Å². The van der Waals surface area contributed by atoms with Crippen molar-refractivity contribution in [1.82, 2.24) is 0 Å². The van der Waals surface area contributed by atoms with E-state index in [9.17, 15) is 8.42 Å². The first kappa shape index (κ1) is 28.4. The second-order valence-electron chi connectivity index (χ2n) is 12.4. The van der Waals surface area contributed by atoms with Gasteiger partial charge in [0.2, 0.25) is 0 Å². The van der Waals surface area contributed by atoms with Crippen molar-refractivity contribution in [2.24, 2.45) is 0 Å². The van der Waals surface area contributed by atoms with Gasteiger partial charge in [-0.1, -0.05) is 52.2 Å². The largest absolute Gasteiger partial charge is 0.412 e. The third-order valence-corrected chi connectivity index (χ3v) is 14.8. The third kappa shape index (κ3) is 8.39. The molecule has 0 aliphatic carbocycles. The smallest absolute Gasteiger partial charge is 0.192 e. The van der Waals surface area contributed by atoms with Gasteiger partial charge in [0.15, 0.2) is 18.2 Å². The molecule has 0 saturated carbocycles. The highest BCUT2D eigenvalue weighted by Crippen LogP contribution is 2.38. The van der Waals surface area contributed by atoms with E-state index in [0.717, 1.165) is 58.0 Å². The summed E-state index contributed by atoms with van der Waals surface area (Å²) in [5, 5.41) is 0.256. The van der Waals surface area contributed by atoms with Crippen LogP contribution in [0.2, 0.25) is 18.1 Å². The number of hydrogen-bond acceptors (Lipinski definition) is 4. The monoisotopic (exact) mass is 495 g/mol. The van der Waals surface area contributed by atoms with Gasteiger partial charge in [-0.15, -0.1) is 0 Å². The SMILES string of the molecule is CC(C)(C)[Si](C)(C)OC1CCN(c2ccc(CCCCCCCS(=O)(=O)C(C)(C)C)cc2)C1. The Morgan fingerprint density at radius 3 is 2.09 bits per heavy atom. The summed E-state index contributed by atoms with van der Waals surface area (Å²) in [6.45, 7) is 19.1.